The van der Waals surface area contributed by atoms with E-state index < -0.39 is 11.7 Å². The average Bonchev–Trinajstić information content (AvgIpc) is 2.39. The number of aromatic hydroxyl groups is 1. The van der Waals surface area contributed by atoms with Crippen molar-refractivity contribution in [2.45, 2.75) is 32.9 Å². The number of phenolic OH excluding ortho intramolecular Hbond substituents is 1. The summed E-state index contributed by atoms with van der Waals surface area (Å²) in [5.41, 5.74) is 0.290. The Morgan fingerprint density at radius 2 is 2.05 bits per heavy atom. The first kappa shape index (κ1) is 16.1. The zero-order chi connectivity index (χ0) is 16.3. The van der Waals surface area contributed by atoms with Crippen LogP contribution in [0.4, 0.5) is 4.79 Å². The summed E-state index contributed by atoms with van der Waals surface area (Å²) in [7, 11) is 0. The molecule has 2 amide bonds. The smallest absolute Gasteiger partial charge is 0.410 e. The van der Waals surface area contributed by atoms with E-state index in [-0.39, 0.29) is 18.2 Å². The fraction of sp³-hybridized carbons (Fsp3) is 0.500. The van der Waals surface area contributed by atoms with Crippen molar-refractivity contribution in [1.29, 1.82) is 0 Å². The molecule has 2 rings (SSSR count). The van der Waals surface area contributed by atoms with E-state index in [0.29, 0.717) is 19.6 Å². The fourth-order valence-corrected chi connectivity index (χ4v) is 2.23. The second-order valence-electron chi connectivity index (χ2n) is 6.39. The SMILES string of the molecule is CC(C)(C)OC(=O)N1CCN(Cc2cccc(O)c2)C(=O)C1. The minimum Gasteiger partial charge on any atom is -0.508 e. The van der Waals surface area contributed by atoms with Crippen LogP contribution in [0.25, 0.3) is 0 Å². The lowest BCUT2D eigenvalue weighted by molar-refractivity contribution is -0.136. The normalized spacial score (nSPS) is 15.9. The maximum atomic E-state index is 12.2. The number of amides is 2. The molecule has 0 spiro atoms. The van der Waals surface area contributed by atoms with E-state index in [0.717, 1.165) is 5.56 Å². The number of piperazine rings is 1. The Kier molecular flexibility index (Phi) is 4.59. The molecule has 1 heterocycles. The first-order chi connectivity index (χ1) is 10.2. The van der Waals surface area contributed by atoms with E-state index in [1.165, 1.54) is 4.90 Å². The summed E-state index contributed by atoms with van der Waals surface area (Å²) >= 11 is 0. The highest BCUT2D eigenvalue weighted by atomic mass is 16.6. The Balaban J connectivity index is 1.93. The summed E-state index contributed by atoms with van der Waals surface area (Å²) in [5.74, 6) is 0.0535. The van der Waals surface area contributed by atoms with Gasteiger partial charge in [0, 0.05) is 19.6 Å². The second-order valence-corrected chi connectivity index (χ2v) is 6.39. The largest absolute Gasteiger partial charge is 0.508 e. The number of phenols is 1. The Hall–Kier alpha value is -2.24. The lowest BCUT2D eigenvalue weighted by Crippen LogP contribution is -2.52. The third kappa shape index (κ3) is 4.38. The molecular formula is C16H22N2O4. The quantitative estimate of drug-likeness (QED) is 0.907. The van der Waals surface area contributed by atoms with Crippen LogP contribution in [0.5, 0.6) is 5.75 Å². The lowest BCUT2D eigenvalue weighted by atomic mass is 10.2. The molecule has 1 aromatic carbocycles. The molecule has 22 heavy (non-hydrogen) atoms. The molecular weight excluding hydrogens is 284 g/mol. The number of carbonyl (C=O) groups excluding carboxylic acids is 2. The van der Waals surface area contributed by atoms with Gasteiger partial charge in [0.05, 0.1) is 0 Å². The zero-order valence-corrected chi connectivity index (χ0v) is 13.2. The van der Waals surface area contributed by atoms with Crippen molar-refractivity contribution in [3.63, 3.8) is 0 Å². The summed E-state index contributed by atoms with van der Waals surface area (Å²) in [4.78, 5) is 27.2. The highest BCUT2D eigenvalue weighted by Crippen LogP contribution is 2.16. The fourth-order valence-electron chi connectivity index (χ4n) is 2.23. The number of carbonyl (C=O) groups is 2. The van der Waals surface area contributed by atoms with Gasteiger partial charge in [0.15, 0.2) is 0 Å². The Morgan fingerprint density at radius 3 is 2.64 bits per heavy atom. The van der Waals surface area contributed by atoms with Gasteiger partial charge in [-0.1, -0.05) is 12.1 Å². The molecule has 120 valence electrons. The van der Waals surface area contributed by atoms with Gasteiger partial charge in [-0.05, 0) is 38.5 Å². The third-order valence-corrected chi connectivity index (χ3v) is 3.25. The van der Waals surface area contributed by atoms with Gasteiger partial charge in [0.1, 0.15) is 17.9 Å². The van der Waals surface area contributed by atoms with Crippen molar-refractivity contribution >= 4 is 12.0 Å². The van der Waals surface area contributed by atoms with Gasteiger partial charge in [-0.2, -0.15) is 0 Å². The van der Waals surface area contributed by atoms with Crippen LogP contribution in [0.3, 0.4) is 0 Å². The van der Waals surface area contributed by atoms with Crippen LogP contribution in [0.15, 0.2) is 24.3 Å². The number of hydrogen-bond donors (Lipinski definition) is 1. The Labute approximate surface area is 130 Å². The first-order valence-electron chi connectivity index (χ1n) is 7.28. The minimum absolute atomic E-state index is 0.0216. The zero-order valence-electron chi connectivity index (χ0n) is 13.2. The molecule has 1 fully saturated rings. The van der Waals surface area contributed by atoms with E-state index in [4.69, 9.17) is 4.74 Å². The predicted molar refractivity (Wildman–Crippen MR) is 81.3 cm³/mol. The van der Waals surface area contributed by atoms with Crippen LogP contribution in [-0.4, -0.2) is 52.1 Å². The van der Waals surface area contributed by atoms with Gasteiger partial charge in [-0.3, -0.25) is 9.69 Å². The second kappa shape index (κ2) is 6.25. The average molecular weight is 306 g/mol. The van der Waals surface area contributed by atoms with Gasteiger partial charge < -0.3 is 14.7 Å². The van der Waals surface area contributed by atoms with Crippen LogP contribution < -0.4 is 0 Å². The van der Waals surface area contributed by atoms with Crippen molar-refractivity contribution in [2.24, 2.45) is 0 Å². The summed E-state index contributed by atoms with van der Waals surface area (Å²) < 4.78 is 5.28. The van der Waals surface area contributed by atoms with E-state index in [9.17, 15) is 14.7 Å². The van der Waals surface area contributed by atoms with Gasteiger partial charge in [0.2, 0.25) is 5.91 Å². The molecule has 0 aromatic heterocycles. The van der Waals surface area contributed by atoms with Crippen molar-refractivity contribution in [3.05, 3.63) is 29.8 Å². The maximum Gasteiger partial charge on any atom is 0.410 e. The molecule has 0 unspecified atom stereocenters. The van der Waals surface area contributed by atoms with E-state index >= 15 is 0 Å². The molecule has 0 radical (unpaired) electrons. The standard InChI is InChI=1S/C16H22N2O4/c1-16(2,3)22-15(21)18-8-7-17(14(20)11-18)10-12-5-4-6-13(19)9-12/h4-6,9,19H,7-8,10-11H2,1-3H3. The lowest BCUT2D eigenvalue weighted by Gasteiger charge is -2.35. The Morgan fingerprint density at radius 1 is 1.32 bits per heavy atom. The van der Waals surface area contributed by atoms with Crippen LogP contribution in [0, 0.1) is 0 Å². The first-order valence-corrected chi connectivity index (χ1v) is 7.28. The van der Waals surface area contributed by atoms with E-state index in [1.807, 2.05) is 6.07 Å². The molecule has 1 aliphatic rings. The maximum absolute atomic E-state index is 12.2. The number of benzene rings is 1. The van der Waals surface area contributed by atoms with Crippen LogP contribution in [-0.2, 0) is 16.1 Å². The molecule has 0 saturated carbocycles. The third-order valence-electron chi connectivity index (χ3n) is 3.25. The van der Waals surface area contributed by atoms with Crippen LogP contribution in [0.1, 0.15) is 26.3 Å². The van der Waals surface area contributed by atoms with Crippen molar-refractivity contribution in [1.82, 2.24) is 9.80 Å². The van der Waals surface area contributed by atoms with Crippen LogP contribution >= 0.6 is 0 Å². The predicted octanol–water partition coefficient (Wildman–Crippen LogP) is 1.97. The number of nitrogens with zero attached hydrogens (tertiary/aromatic N) is 2. The van der Waals surface area contributed by atoms with Gasteiger partial charge in [0.25, 0.3) is 0 Å². The number of ether oxygens (including phenoxy) is 1. The summed E-state index contributed by atoms with van der Waals surface area (Å²) in [6.45, 7) is 6.73. The molecule has 1 N–H and O–H groups in total. The van der Waals surface area contributed by atoms with E-state index in [1.54, 1.807) is 43.9 Å². The molecule has 6 heteroatoms. The van der Waals surface area contributed by atoms with Crippen molar-refractivity contribution in [3.8, 4) is 5.75 Å². The summed E-state index contributed by atoms with van der Waals surface area (Å²) in [6, 6.07) is 6.82. The number of hydrogen-bond acceptors (Lipinski definition) is 4. The number of rotatable bonds is 2. The minimum atomic E-state index is -0.571. The van der Waals surface area contributed by atoms with E-state index in [2.05, 4.69) is 0 Å². The van der Waals surface area contributed by atoms with Gasteiger partial charge in [-0.25, -0.2) is 4.79 Å². The molecule has 1 aliphatic heterocycles. The summed E-state index contributed by atoms with van der Waals surface area (Å²) in [5, 5.41) is 9.46. The topological polar surface area (TPSA) is 70.1 Å². The molecule has 1 aromatic rings. The van der Waals surface area contributed by atoms with Gasteiger partial charge in [-0.15, -0.1) is 0 Å². The van der Waals surface area contributed by atoms with Crippen molar-refractivity contribution < 1.29 is 19.4 Å². The monoisotopic (exact) mass is 306 g/mol. The highest BCUT2D eigenvalue weighted by molar-refractivity contribution is 5.83. The molecule has 0 bridgehead atoms. The molecule has 1 saturated heterocycles. The molecule has 6 nitrogen and oxygen atoms in total. The Bertz CT molecular complexity index is 566. The molecule has 0 aliphatic carbocycles. The highest BCUT2D eigenvalue weighted by Gasteiger charge is 2.30. The van der Waals surface area contributed by atoms with Crippen LogP contribution in [0.2, 0.25) is 0 Å². The molecule has 0 atom stereocenters. The van der Waals surface area contributed by atoms with Crippen molar-refractivity contribution in [2.75, 3.05) is 19.6 Å². The van der Waals surface area contributed by atoms with Gasteiger partial charge >= 0.3 is 6.09 Å². The summed E-state index contributed by atoms with van der Waals surface area (Å²) in [6.07, 6.45) is -0.460.